The van der Waals surface area contributed by atoms with E-state index in [4.69, 9.17) is 0 Å². The molecule has 2 aromatic rings. The van der Waals surface area contributed by atoms with Crippen molar-refractivity contribution >= 4 is 15.9 Å². The molecule has 0 heterocycles. The van der Waals surface area contributed by atoms with E-state index < -0.39 is 23.6 Å². The Kier molecular flexibility index (Phi) is 3.73. The van der Waals surface area contributed by atoms with Gasteiger partial charge >= 0.3 is 0 Å². The monoisotopic (exact) mass is 316 g/mol. The molecule has 0 radical (unpaired) electrons. The van der Waals surface area contributed by atoms with E-state index in [9.17, 15) is 18.3 Å². The number of rotatable bonds is 2. The van der Waals surface area contributed by atoms with Crippen LogP contribution in [0.2, 0.25) is 0 Å². The van der Waals surface area contributed by atoms with Gasteiger partial charge in [0.15, 0.2) is 17.5 Å². The van der Waals surface area contributed by atoms with Gasteiger partial charge in [0.05, 0.1) is 0 Å². The highest BCUT2D eigenvalue weighted by atomic mass is 79.9. The van der Waals surface area contributed by atoms with Crippen LogP contribution in [-0.2, 0) is 0 Å². The third kappa shape index (κ3) is 2.42. The summed E-state index contributed by atoms with van der Waals surface area (Å²) in [5.74, 6) is -4.19. The molecule has 0 aliphatic heterocycles. The zero-order chi connectivity index (χ0) is 13.3. The Morgan fingerprint density at radius 1 is 1.00 bits per heavy atom. The quantitative estimate of drug-likeness (QED) is 0.832. The lowest BCUT2D eigenvalue weighted by Gasteiger charge is -2.13. The second-order valence-electron chi connectivity index (χ2n) is 3.72. The molecule has 1 atom stereocenters. The van der Waals surface area contributed by atoms with Gasteiger partial charge in [0.2, 0.25) is 0 Å². The molecule has 0 saturated heterocycles. The van der Waals surface area contributed by atoms with Crippen molar-refractivity contribution in [2.45, 2.75) is 6.10 Å². The van der Waals surface area contributed by atoms with Gasteiger partial charge in [-0.2, -0.15) is 0 Å². The molecular weight excluding hydrogens is 309 g/mol. The molecule has 0 spiro atoms. The Morgan fingerprint density at radius 2 is 1.56 bits per heavy atom. The normalized spacial score (nSPS) is 12.5. The van der Waals surface area contributed by atoms with Crippen LogP contribution >= 0.6 is 15.9 Å². The van der Waals surface area contributed by atoms with Gasteiger partial charge in [-0.1, -0.05) is 34.1 Å². The van der Waals surface area contributed by atoms with E-state index in [1.807, 2.05) is 0 Å². The van der Waals surface area contributed by atoms with Gasteiger partial charge in [0.25, 0.3) is 0 Å². The number of benzene rings is 2. The van der Waals surface area contributed by atoms with E-state index in [2.05, 4.69) is 15.9 Å². The first-order valence-electron chi connectivity index (χ1n) is 5.07. The molecule has 1 N–H and O–H groups in total. The maximum Gasteiger partial charge on any atom is 0.194 e. The van der Waals surface area contributed by atoms with Crippen LogP contribution in [0.5, 0.6) is 0 Å². The van der Waals surface area contributed by atoms with Crippen molar-refractivity contribution in [2.75, 3.05) is 0 Å². The second-order valence-corrected chi connectivity index (χ2v) is 4.58. The van der Waals surface area contributed by atoms with Crippen LogP contribution in [0.25, 0.3) is 0 Å². The van der Waals surface area contributed by atoms with E-state index in [1.165, 1.54) is 0 Å². The van der Waals surface area contributed by atoms with Crippen molar-refractivity contribution in [3.63, 3.8) is 0 Å². The molecule has 0 aliphatic rings. The number of hydrogen-bond acceptors (Lipinski definition) is 1. The van der Waals surface area contributed by atoms with Gasteiger partial charge in [-0.05, 0) is 29.3 Å². The van der Waals surface area contributed by atoms with Crippen LogP contribution in [-0.4, -0.2) is 5.11 Å². The first-order valence-corrected chi connectivity index (χ1v) is 5.87. The zero-order valence-corrected chi connectivity index (χ0v) is 10.6. The average molecular weight is 317 g/mol. The Morgan fingerprint density at radius 3 is 2.11 bits per heavy atom. The topological polar surface area (TPSA) is 20.2 Å². The molecule has 18 heavy (non-hydrogen) atoms. The van der Waals surface area contributed by atoms with Crippen LogP contribution in [0, 0.1) is 17.5 Å². The van der Waals surface area contributed by atoms with Crippen molar-refractivity contribution < 1.29 is 18.3 Å². The summed E-state index contributed by atoms with van der Waals surface area (Å²) in [7, 11) is 0. The highest BCUT2D eigenvalue weighted by molar-refractivity contribution is 9.10. The first-order chi connectivity index (χ1) is 8.50. The van der Waals surface area contributed by atoms with E-state index in [0.717, 1.165) is 12.1 Å². The highest BCUT2D eigenvalue weighted by Gasteiger charge is 2.18. The molecule has 0 amide bonds. The van der Waals surface area contributed by atoms with Crippen LogP contribution in [0.15, 0.2) is 40.9 Å². The van der Waals surface area contributed by atoms with Crippen molar-refractivity contribution in [3.8, 4) is 0 Å². The molecule has 0 fully saturated rings. The molecule has 0 unspecified atom stereocenters. The maximum absolute atomic E-state index is 13.1. The summed E-state index contributed by atoms with van der Waals surface area (Å²) in [6.45, 7) is 0. The van der Waals surface area contributed by atoms with E-state index in [-0.39, 0.29) is 5.56 Å². The van der Waals surface area contributed by atoms with Gasteiger partial charge in [-0.15, -0.1) is 0 Å². The summed E-state index contributed by atoms with van der Waals surface area (Å²) in [6, 6.07) is 8.28. The first kappa shape index (κ1) is 13.1. The molecule has 2 aromatic carbocycles. The number of hydrogen-bond donors (Lipinski definition) is 1. The average Bonchev–Trinajstić information content (AvgIpc) is 2.35. The minimum atomic E-state index is -1.54. The molecule has 0 saturated carbocycles. The predicted octanol–water partition coefficient (Wildman–Crippen LogP) is 3.95. The molecule has 1 nitrogen and oxygen atoms in total. The molecule has 5 heteroatoms. The van der Waals surface area contributed by atoms with E-state index in [0.29, 0.717) is 10.0 Å². The van der Waals surface area contributed by atoms with Gasteiger partial charge < -0.3 is 5.11 Å². The number of aliphatic hydroxyl groups excluding tert-OH is 1. The fourth-order valence-corrected chi connectivity index (χ4v) is 2.11. The van der Waals surface area contributed by atoms with Crippen molar-refractivity contribution in [2.24, 2.45) is 0 Å². The van der Waals surface area contributed by atoms with Crippen LogP contribution < -0.4 is 0 Å². The van der Waals surface area contributed by atoms with E-state index in [1.54, 1.807) is 24.3 Å². The predicted molar refractivity (Wildman–Crippen MR) is 64.5 cm³/mol. The van der Waals surface area contributed by atoms with Crippen molar-refractivity contribution in [1.29, 1.82) is 0 Å². The van der Waals surface area contributed by atoms with Gasteiger partial charge in [0, 0.05) is 4.47 Å². The zero-order valence-electron chi connectivity index (χ0n) is 9.00. The minimum Gasteiger partial charge on any atom is -0.384 e. The summed E-state index contributed by atoms with van der Waals surface area (Å²) in [6.07, 6.45) is -1.23. The Hall–Kier alpha value is -1.33. The van der Waals surface area contributed by atoms with Gasteiger partial charge in [-0.25, -0.2) is 13.2 Å². The molecule has 2 rings (SSSR count). The van der Waals surface area contributed by atoms with E-state index >= 15 is 0 Å². The molecule has 94 valence electrons. The third-order valence-corrected chi connectivity index (χ3v) is 3.24. The SMILES string of the molecule is O[C@H](c1cc(F)c(F)c(F)c1)c1ccccc1Br. The summed E-state index contributed by atoms with van der Waals surface area (Å²) in [4.78, 5) is 0. The highest BCUT2D eigenvalue weighted by Crippen LogP contribution is 2.29. The lowest BCUT2D eigenvalue weighted by Crippen LogP contribution is -2.03. The largest absolute Gasteiger partial charge is 0.384 e. The Bertz CT molecular complexity index is 563. The summed E-state index contributed by atoms with van der Waals surface area (Å²) < 4.78 is 39.6. The maximum atomic E-state index is 13.1. The van der Waals surface area contributed by atoms with Crippen LogP contribution in [0.4, 0.5) is 13.2 Å². The molecule has 0 aromatic heterocycles. The fourth-order valence-electron chi connectivity index (χ4n) is 1.61. The smallest absolute Gasteiger partial charge is 0.194 e. The lowest BCUT2D eigenvalue weighted by molar-refractivity contribution is 0.218. The van der Waals surface area contributed by atoms with Crippen molar-refractivity contribution in [1.82, 2.24) is 0 Å². The Balaban J connectivity index is 2.47. The Labute approximate surface area is 110 Å². The molecular formula is C13H8BrF3O. The minimum absolute atomic E-state index is 0.0432. The number of halogens is 4. The van der Waals surface area contributed by atoms with Crippen LogP contribution in [0.3, 0.4) is 0 Å². The standard InChI is InChI=1S/C13H8BrF3O/c14-9-4-2-1-3-8(9)13(18)7-5-10(15)12(17)11(16)6-7/h1-6,13,18H/t13-/m1/s1. The second kappa shape index (κ2) is 5.12. The van der Waals surface area contributed by atoms with Gasteiger partial charge in [0.1, 0.15) is 6.10 Å². The third-order valence-electron chi connectivity index (χ3n) is 2.52. The summed E-state index contributed by atoms with van der Waals surface area (Å²) >= 11 is 3.22. The van der Waals surface area contributed by atoms with Crippen molar-refractivity contribution in [3.05, 3.63) is 69.4 Å². The lowest BCUT2D eigenvalue weighted by atomic mass is 10.0. The van der Waals surface area contributed by atoms with Crippen LogP contribution in [0.1, 0.15) is 17.2 Å². The molecule has 0 bridgehead atoms. The summed E-state index contributed by atoms with van der Waals surface area (Å²) in [5.41, 5.74) is 0.404. The molecule has 0 aliphatic carbocycles. The number of aliphatic hydroxyl groups is 1. The summed E-state index contributed by atoms with van der Waals surface area (Å²) in [5, 5.41) is 10.0. The van der Waals surface area contributed by atoms with Gasteiger partial charge in [-0.3, -0.25) is 0 Å². The fraction of sp³-hybridized carbons (Fsp3) is 0.0769.